The molecule has 19 heavy (non-hydrogen) atoms. The van der Waals surface area contributed by atoms with Crippen molar-refractivity contribution in [3.63, 3.8) is 0 Å². The number of ether oxygens (including phenoxy) is 2. The van der Waals surface area contributed by atoms with Crippen LogP contribution in [0.4, 0.5) is 0 Å². The molecule has 0 N–H and O–H groups in total. The summed E-state index contributed by atoms with van der Waals surface area (Å²) in [6.07, 6.45) is 1.17. The first-order chi connectivity index (χ1) is 9.13. The zero-order valence-corrected chi connectivity index (χ0v) is 12.0. The van der Waals surface area contributed by atoms with Crippen LogP contribution in [-0.2, 0) is 14.3 Å². The van der Waals surface area contributed by atoms with E-state index < -0.39 is 0 Å². The summed E-state index contributed by atoms with van der Waals surface area (Å²) in [5, 5.41) is 0. The topological polar surface area (TPSA) is 52.6 Å². The Labute approximate surface area is 117 Å². The minimum absolute atomic E-state index is 0.176. The molecule has 0 aliphatic carbocycles. The van der Waals surface area contributed by atoms with Crippen molar-refractivity contribution in [1.82, 2.24) is 0 Å². The summed E-state index contributed by atoms with van der Waals surface area (Å²) in [4.78, 5) is 22.8. The Morgan fingerprint density at radius 1 is 1.26 bits per heavy atom. The van der Waals surface area contributed by atoms with Crippen LogP contribution in [0.1, 0.15) is 26.7 Å². The van der Waals surface area contributed by atoms with Crippen LogP contribution in [0, 0.1) is 0 Å². The molecule has 0 heterocycles. The van der Waals surface area contributed by atoms with Crippen molar-refractivity contribution >= 4 is 23.7 Å². The number of esters is 2. The molecule has 0 saturated heterocycles. The number of para-hydroxylation sites is 1. The fraction of sp³-hybridized carbons (Fsp3) is 0.429. The highest BCUT2D eigenvalue weighted by Gasteiger charge is 2.06. The van der Waals surface area contributed by atoms with Gasteiger partial charge in [0.05, 0.1) is 11.5 Å². The lowest BCUT2D eigenvalue weighted by Gasteiger charge is -2.08. The van der Waals surface area contributed by atoms with Gasteiger partial charge in [-0.25, -0.2) is 0 Å². The summed E-state index contributed by atoms with van der Waals surface area (Å²) >= 11 is 1.58. The van der Waals surface area contributed by atoms with Crippen LogP contribution in [0.5, 0.6) is 5.75 Å². The van der Waals surface area contributed by atoms with Gasteiger partial charge in [-0.2, -0.15) is 0 Å². The average molecular weight is 282 g/mol. The Hall–Kier alpha value is -1.49. The largest absolute Gasteiger partial charge is 0.466 e. The molecule has 5 heteroatoms. The van der Waals surface area contributed by atoms with Gasteiger partial charge in [0.25, 0.3) is 0 Å². The maximum absolute atomic E-state index is 11.0. The molecule has 1 aromatic rings. The number of carbonyl (C=O) groups is 2. The lowest BCUT2D eigenvalue weighted by atomic mass is 10.3. The standard InChI is InChI=1S/C14H18O4S/c1-3-14(16)17-9-6-10-19-13-8-5-4-7-12(13)18-11(2)15/h4-5,7-8H,3,6,9-10H2,1-2H3. The van der Waals surface area contributed by atoms with Gasteiger partial charge in [-0.15, -0.1) is 11.8 Å². The summed E-state index contributed by atoms with van der Waals surface area (Å²) in [7, 11) is 0. The van der Waals surface area contributed by atoms with E-state index in [1.807, 2.05) is 18.2 Å². The minimum atomic E-state index is -0.329. The number of hydrogen-bond donors (Lipinski definition) is 0. The number of thioether (sulfide) groups is 1. The van der Waals surface area contributed by atoms with Crippen molar-refractivity contribution in [3.8, 4) is 5.75 Å². The average Bonchev–Trinajstić information content (AvgIpc) is 2.39. The second-order valence-corrected chi connectivity index (χ2v) is 4.95. The number of carbonyl (C=O) groups excluding carboxylic acids is 2. The van der Waals surface area contributed by atoms with E-state index >= 15 is 0 Å². The first-order valence-electron chi connectivity index (χ1n) is 6.19. The van der Waals surface area contributed by atoms with E-state index in [1.54, 1.807) is 24.8 Å². The van der Waals surface area contributed by atoms with Crippen LogP contribution < -0.4 is 4.74 Å². The molecule has 0 spiro atoms. The summed E-state index contributed by atoms with van der Waals surface area (Å²) in [5.74, 6) is 0.871. The summed E-state index contributed by atoms with van der Waals surface area (Å²) in [5.41, 5.74) is 0. The van der Waals surface area contributed by atoms with Gasteiger partial charge in [-0.05, 0) is 18.6 Å². The minimum Gasteiger partial charge on any atom is -0.466 e. The fourth-order valence-electron chi connectivity index (χ4n) is 1.34. The zero-order chi connectivity index (χ0) is 14.1. The first-order valence-corrected chi connectivity index (χ1v) is 7.18. The second-order valence-electron chi connectivity index (χ2n) is 3.82. The molecule has 0 bridgehead atoms. The van der Waals surface area contributed by atoms with Crippen molar-refractivity contribution in [2.45, 2.75) is 31.6 Å². The van der Waals surface area contributed by atoms with Gasteiger partial charge in [-0.1, -0.05) is 19.1 Å². The van der Waals surface area contributed by atoms with Crippen molar-refractivity contribution in [1.29, 1.82) is 0 Å². The number of rotatable bonds is 7. The van der Waals surface area contributed by atoms with E-state index in [2.05, 4.69) is 0 Å². The number of hydrogen-bond acceptors (Lipinski definition) is 5. The molecule has 0 aliphatic heterocycles. The third-order valence-electron chi connectivity index (χ3n) is 2.20. The molecule has 0 atom stereocenters. The smallest absolute Gasteiger partial charge is 0.308 e. The zero-order valence-electron chi connectivity index (χ0n) is 11.2. The summed E-state index contributed by atoms with van der Waals surface area (Å²) in [6, 6.07) is 7.39. The third-order valence-corrected chi connectivity index (χ3v) is 3.34. The SMILES string of the molecule is CCC(=O)OCCCSc1ccccc1OC(C)=O. The molecule has 4 nitrogen and oxygen atoms in total. The second kappa shape index (κ2) is 8.58. The quantitative estimate of drug-likeness (QED) is 0.333. The molecular weight excluding hydrogens is 264 g/mol. The maximum Gasteiger partial charge on any atom is 0.308 e. The predicted molar refractivity (Wildman–Crippen MR) is 74.3 cm³/mol. The third kappa shape index (κ3) is 6.29. The summed E-state index contributed by atoms with van der Waals surface area (Å²) in [6.45, 7) is 3.58. The number of benzene rings is 1. The predicted octanol–water partition coefficient (Wildman–Crippen LogP) is 3.05. The molecule has 0 aromatic heterocycles. The van der Waals surface area contributed by atoms with Gasteiger partial charge >= 0.3 is 11.9 Å². The van der Waals surface area contributed by atoms with Crippen LogP contribution in [0.15, 0.2) is 29.2 Å². The van der Waals surface area contributed by atoms with Gasteiger partial charge in [0.1, 0.15) is 5.75 Å². The van der Waals surface area contributed by atoms with E-state index in [-0.39, 0.29) is 11.9 Å². The van der Waals surface area contributed by atoms with Crippen molar-refractivity contribution in [3.05, 3.63) is 24.3 Å². The molecule has 104 valence electrons. The molecule has 0 radical (unpaired) electrons. The molecule has 0 unspecified atom stereocenters. The van der Waals surface area contributed by atoms with Gasteiger partial charge < -0.3 is 9.47 Å². The van der Waals surface area contributed by atoms with E-state index in [9.17, 15) is 9.59 Å². The van der Waals surface area contributed by atoms with Gasteiger partial charge in [0.15, 0.2) is 0 Å². The van der Waals surface area contributed by atoms with Crippen molar-refractivity contribution in [2.24, 2.45) is 0 Å². The van der Waals surface area contributed by atoms with Crippen molar-refractivity contribution in [2.75, 3.05) is 12.4 Å². The molecule has 0 aliphatic rings. The lowest BCUT2D eigenvalue weighted by molar-refractivity contribution is -0.143. The molecule has 0 saturated carbocycles. The van der Waals surface area contributed by atoms with E-state index in [0.29, 0.717) is 18.8 Å². The Morgan fingerprint density at radius 2 is 2.00 bits per heavy atom. The van der Waals surface area contributed by atoms with Crippen LogP contribution in [0.2, 0.25) is 0 Å². The van der Waals surface area contributed by atoms with Crippen molar-refractivity contribution < 1.29 is 19.1 Å². The molecule has 1 aromatic carbocycles. The Bertz CT molecular complexity index is 431. The lowest BCUT2D eigenvalue weighted by Crippen LogP contribution is -2.05. The Balaban J connectivity index is 2.36. The Morgan fingerprint density at radius 3 is 2.68 bits per heavy atom. The highest BCUT2D eigenvalue weighted by Crippen LogP contribution is 2.29. The molecular formula is C14H18O4S. The van der Waals surface area contributed by atoms with E-state index in [0.717, 1.165) is 17.1 Å². The van der Waals surface area contributed by atoms with E-state index in [4.69, 9.17) is 9.47 Å². The van der Waals surface area contributed by atoms with E-state index in [1.165, 1.54) is 6.92 Å². The maximum atomic E-state index is 11.0. The highest BCUT2D eigenvalue weighted by atomic mass is 32.2. The molecule has 1 rings (SSSR count). The molecule has 0 amide bonds. The molecule has 0 fully saturated rings. The van der Waals surface area contributed by atoms with Crippen LogP contribution >= 0.6 is 11.8 Å². The van der Waals surface area contributed by atoms with Gasteiger partial charge in [-0.3, -0.25) is 9.59 Å². The van der Waals surface area contributed by atoms with Gasteiger partial charge in [0.2, 0.25) is 0 Å². The van der Waals surface area contributed by atoms with Crippen LogP contribution in [0.3, 0.4) is 0 Å². The monoisotopic (exact) mass is 282 g/mol. The normalized spacial score (nSPS) is 10.0. The first kappa shape index (κ1) is 15.6. The van der Waals surface area contributed by atoms with Gasteiger partial charge in [0, 0.05) is 19.1 Å². The Kier molecular flexibility index (Phi) is 7.03. The fourth-order valence-corrected chi connectivity index (χ4v) is 2.25. The van der Waals surface area contributed by atoms with Crippen LogP contribution in [-0.4, -0.2) is 24.3 Å². The highest BCUT2D eigenvalue weighted by molar-refractivity contribution is 7.99. The summed E-state index contributed by atoms with van der Waals surface area (Å²) < 4.78 is 10.1. The van der Waals surface area contributed by atoms with Crippen LogP contribution in [0.25, 0.3) is 0 Å².